The Bertz CT molecular complexity index is 916. The number of thioether (sulfide) groups is 1. The highest BCUT2D eigenvalue weighted by atomic mass is 32.2. The highest BCUT2D eigenvalue weighted by molar-refractivity contribution is 8.16. The van der Waals surface area contributed by atoms with E-state index >= 15 is 0 Å². The number of nitrogens with zero attached hydrogens (tertiary/aromatic N) is 2. The summed E-state index contributed by atoms with van der Waals surface area (Å²) in [5.74, 6) is 0.663. The van der Waals surface area contributed by atoms with E-state index in [0.717, 1.165) is 29.5 Å². The van der Waals surface area contributed by atoms with Crippen molar-refractivity contribution in [1.29, 1.82) is 0 Å². The van der Waals surface area contributed by atoms with Crippen LogP contribution in [0.2, 0.25) is 0 Å². The van der Waals surface area contributed by atoms with Crippen LogP contribution in [0.4, 0.5) is 5.69 Å². The first kappa shape index (κ1) is 17.5. The standard InChI is InChI=1S/C20H19N3O3S/c1-25-16-4-3-5-17(26-2)18(16)19(24)22-14-8-6-13(7-9-14)15-12-27-20-21-10-11-23(15)20/h3-9,12H,10-11H2,1-2H3,(H,22,24). The number of amidine groups is 1. The number of aliphatic imine (C=N–C) groups is 1. The molecular formula is C20H19N3O3S. The number of ether oxygens (including phenoxy) is 2. The molecule has 2 aromatic carbocycles. The fourth-order valence-corrected chi connectivity index (χ4v) is 4.10. The summed E-state index contributed by atoms with van der Waals surface area (Å²) in [6.07, 6.45) is 0. The van der Waals surface area contributed by atoms with E-state index in [2.05, 4.69) is 20.6 Å². The molecule has 0 bridgehead atoms. The number of rotatable bonds is 5. The lowest BCUT2D eigenvalue weighted by Crippen LogP contribution is -2.19. The van der Waals surface area contributed by atoms with E-state index in [9.17, 15) is 4.79 Å². The second-order valence-corrected chi connectivity index (χ2v) is 6.84. The molecule has 0 aliphatic carbocycles. The van der Waals surface area contributed by atoms with Crippen LogP contribution in [0, 0.1) is 0 Å². The molecule has 0 unspecified atom stereocenters. The molecule has 1 N–H and O–H groups in total. The largest absolute Gasteiger partial charge is 0.496 e. The highest BCUT2D eigenvalue weighted by Crippen LogP contribution is 2.35. The van der Waals surface area contributed by atoms with Crippen LogP contribution in [0.15, 0.2) is 52.9 Å². The van der Waals surface area contributed by atoms with Crippen LogP contribution < -0.4 is 14.8 Å². The van der Waals surface area contributed by atoms with Gasteiger partial charge in [0.05, 0.1) is 26.5 Å². The third kappa shape index (κ3) is 3.26. The maximum Gasteiger partial charge on any atom is 0.263 e. The lowest BCUT2D eigenvalue weighted by Gasteiger charge is -2.17. The summed E-state index contributed by atoms with van der Waals surface area (Å²) >= 11 is 1.65. The van der Waals surface area contributed by atoms with Gasteiger partial charge in [0.2, 0.25) is 0 Å². The van der Waals surface area contributed by atoms with E-state index < -0.39 is 0 Å². The van der Waals surface area contributed by atoms with Crippen molar-refractivity contribution < 1.29 is 14.3 Å². The summed E-state index contributed by atoms with van der Waals surface area (Å²) in [5, 5.41) is 6.09. The molecule has 2 heterocycles. The normalized spacial score (nSPS) is 15.1. The van der Waals surface area contributed by atoms with Gasteiger partial charge >= 0.3 is 0 Å². The molecule has 6 nitrogen and oxygen atoms in total. The van der Waals surface area contributed by atoms with Crippen molar-refractivity contribution in [3.8, 4) is 11.5 Å². The van der Waals surface area contributed by atoms with Gasteiger partial charge in [0, 0.05) is 17.6 Å². The average Bonchev–Trinajstić information content (AvgIpc) is 3.31. The number of methoxy groups -OCH3 is 2. The molecule has 4 rings (SSSR count). The number of hydrogen-bond donors (Lipinski definition) is 1. The number of hydrogen-bond acceptors (Lipinski definition) is 6. The van der Waals surface area contributed by atoms with Gasteiger partial charge in [0.1, 0.15) is 17.1 Å². The van der Waals surface area contributed by atoms with E-state index in [1.165, 1.54) is 14.2 Å². The molecule has 2 aliphatic heterocycles. The SMILES string of the molecule is COc1cccc(OC)c1C(=O)Nc1ccc(C2=CSC3=NCCN23)cc1. The van der Waals surface area contributed by atoms with Gasteiger partial charge in [0.25, 0.3) is 5.91 Å². The first-order valence-corrected chi connectivity index (χ1v) is 9.41. The quantitative estimate of drug-likeness (QED) is 0.856. The molecule has 0 radical (unpaired) electrons. The van der Waals surface area contributed by atoms with Crippen LogP contribution in [-0.2, 0) is 0 Å². The molecule has 7 heteroatoms. The number of benzene rings is 2. The van der Waals surface area contributed by atoms with Gasteiger partial charge in [0.15, 0.2) is 5.17 Å². The maximum atomic E-state index is 12.8. The van der Waals surface area contributed by atoms with Gasteiger partial charge in [-0.25, -0.2) is 0 Å². The molecule has 138 valence electrons. The van der Waals surface area contributed by atoms with Crippen LogP contribution in [0.5, 0.6) is 11.5 Å². The number of fused-ring (bicyclic) bond motifs is 1. The molecule has 2 aliphatic rings. The number of anilines is 1. The number of amides is 1. The van der Waals surface area contributed by atoms with Gasteiger partial charge < -0.3 is 19.7 Å². The van der Waals surface area contributed by atoms with E-state index in [1.807, 2.05) is 24.3 Å². The minimum atomic E-state index is -0.276. The Kier molecular flexibility index (Phi) is 4.77. The van der Waals surface area contributed by atoms with Crippen LogP contribution in [-0.4, -0.2) is 43.3 Å². The van der Waals surface area contributed by atoms with Gasteiger partial charge in [-0.1, -0.05) is 30.0 Å². The van der Waals surface area contributed by atoms with E-state index in [-0.39, 0.29) is 5.91 Å². The monoisotopic (exact) mass is 381 g/mol. The number of nitrogens with one attached hydrogen (secondary N) is 1. The van der Waals surface area contributed by atoms with Crippen molar-refractivity contribution in [3.63, 3.8) is 0 Å². The molecular weight excluding hydrogens is 362 g/mol. The summed E-state index contributed by atoms with van der Waals surface area (Å²) in [6, 6.07) is 13.1. The van der Waals surface area contributed by atoms with E-state index in [0.29, 0.717) is 22.7 Å². The topological polar surface area (TPSA) is 63.2 Å². The van der Waals surface area contributed by atoms with Crippen LogP contribution in [0.1, 0.15) is 15.9 Å². The first-order chi connectivity index (χ1) is 13.2. The average molecular weight is 381 g/mol. The van der Waals surface area contributed by atoms with E-state index in [4.69, 9.17) is 9.47 Å². The smallest absolute Gasteiger partial charge is 0.263 e. The van der Waals surface area contributed by atoms with Crippen molar-refractivity contribution in [3.05, 3.63) is 59.0 Å². The first-order valence-electron chi connectivity index (χ1n) is 8.53. The molecule has 0 fully saturated rings. The fourth-order valence-electron chi connectivity index (χ4n) is 3.14. The third-order valence-electron chi connectivity index (χ3n) is 4.46. The molecule has 0 saturated heterocycles. The van der Waals surface area contributed by atoms with Crippen molar-refractivity contribution in [2.24, 2.45) is 4.99 Å². The number of carbonyl (C=O) groups is 1. The predicted octanol–water partition coefficient (Wildman–Crippen LogP) is 3.67. The lowest BCUT2D eigenvalue weighted by molar-refractivity contribution is 0.102. The van der Waals surface area contributed by atoms with Crippen molar-refractivity contribution >= 4 is 34.2 Å². The van der Waals surface area contributed by atoms with Crippen molar-refractivity contribution in [2.45, 2.75) is 0 Å². The van der Waals surface area contributed by atoms with Gasteiger partial charge in [-0.3, -0.25) is 9.79 Å². The Balaban J connectivity index is 1.53. The van der Waals surface area contributed by atoms with Crippen molar-refractivity contribution in [1.82, 2.24) is 4.90 Å². The second-order valence-electron chi connectivity index (χ2n) is 6.01. The molecule has 0 saturated carbocycles. The summed E-state index contributed by atoms with van der Waals surface area (Å²) in [6.45, 7) is 1.76. The van der Waals surface area contributed by atoms with Crippen LogP contribution >= 0.6 is 11.8 Å². The summed E-state index contributed by atoms with van der Waals surface area (Å²) in [5.41, 5.74) is 3.33. The molecule has 0 spiro atoms. The molecule has 2 aromatic rings. The lowest BCUT2D eigenvalue weighted by atomic mass is 10.1. The molecule has 1 amide bonds. The van der Waals surface area contributed by atoms with Crippen molar-refractivity contribution in [2.75, 3.05) is 32.6 Å². The minimum Gasteiger partial charge on any atom is -0.496 e. The zero-order valence-electron chi connectivity index (χ0n) is 15.1. The van der Waals surface area contributed by atoms with Gasteiger partial charge in [-0.05, 0) is 29.8 Å². The van der Waals surface area contributed by atoms with Gasteiger partial charge in [-0.15, -0.1) is 0 Å². The summed E-state index contributed by atoms with van der Waals surface area (Å²) in [7, 11) is 3.06. The fraction of sp³-hybridized carbons (Fsp3) is 0.200. The zero-order valence-corrected chi connectivity index (χ0v) is 15.9. The Morgan fingerprint density at radius 1 is 1.11 bits per heavy atom. The summed E-state index contributed by atoms with van der Waals surface area (Å²) in [4.78, 5) is 19.4. The second kappa shape index (κ2) is 7.36. The number of carbonyl (C=O) groups excluding carboxylic acids is 1. The third-order valence-corrected chi connectivity index (χ3v) is 5.36. The highest BCUT2D eigenvalue weighted by Gasteiger charge is 2.27. The Morgan fingerprint density at radius 2 is 1.81 bits per heavy atom. The van der Waals surface area contributed by atoms with Gasteiger partial charge in [-0.2, -0.15) is 0 Å². The Morgan fingerprint density at radius 3 is 2.48 bits per heavy atom. The molecule has 27 heavy (non-hydrogen) atoms. The van der Waals surface area contributed by atoms with Crippen LogP contribution in [0.25, 0.3) is 5.70 Å². The molecule has 0 aromatic heterocycles. The summed E-state index contributed by atoms with van der Waals surface area (Å²) < 4.78 is 10.6. The minimum absolute atomic E-state index is 0.276. The van der Waals surface area contributed by atoms with E-state index in [1.54, 1.807) is 30.0 Å². The Labute approximate surface area is 161 Å². The Hall–Kier alpha value is -2.93. The van der Waals surface area contributed by atoms with Crippen LogP contribution in [0.3, 0.4) is 0 Å². The maximum absolute atomic E-state index is 12.8. The zero-order chi connectivity index (χ0) is 18.8. The molecule has 0 atom stereocenters. The predicted molar refractivity (Wildman–Crippen MR) is 109 cm³/mol.